The molecule has 2 rings (SSSR count). The third-order valence-electron chi connectivity index (χ3n) is 2.56. The van der Waals surface area contributed by atoms with Crippen LogP contribution in [0.15, 0.2) is 16.9 Å². The van der Waals surface area contributed by atoms with Crippen molar-refractivity contribution in [2.45, 2.75) is 24.8 Å². The van der Waals surface area contributed by atoms with Crippen molar-refractivity contribution < 1.29 is 0 Å². The number of nitrogens with one attached hydrogen (secondary N) is 1. The summed E-state index contributed by atoms with van der Waals surface area (Å²) in [7, 11) is 0. The minimum absolute atomic E-state index is 0.0371. The molecule has 0 unspecified atom stereocenters. The maximum Gasteiger partial charge on any atom is 0.223 e. The molecule has 1 saturated carbocycles. The molecule has 5 heteroatoms. The van der Waals surface area contributed by atoms with Crippen LogP contribution in [0.3, 0.4) is 0 Å². The number of hydrogen-bond donors (Lipinski definition) is 1. The van der Waals surface area contributed by atoms with E-state index in [-0.39, 0.29) is 5.54 Å². The molecule has 1 aliphatic rings. The summed E-state index contributed by atoms with van der Waals surface area (Å²) in [4.78, 5) is 8.33. The number of hydrogen-bond acceptors (Lipinski definition) is 3. The van der Waals surface area contributed by atoms with Crippen molar-refractivity contribution in [3.05, 3.63) is 16.9 Å². The summed E-state index contributed by atoms with van der Waals surface area (Å²) in [6.45, 7) is 0. The highest BCUT2D eigenvalue weighted by atomic mass is 79.9. The van der Waals surface area contributed by atoms with Crippen LogP contribution >= 0.6 is 27.5 Å². The Morgan fingerprint density at radius 1 is 1.43 bits per heavy atom. The topological polar surface area (TPSA) is 37.8 Å². The zero-order valence-corrected chi connectivity index (χ0v) is 9.98. The second-order valence-corrected chi connectivity index (χ2v) is 4.80. The van der Waals surface area contributed by atoms with Crippen LogP contribution in [0.4, 0.5) is 5.95 Å². The lowest BCUT2D eigenvalue weighted by molar-refractivity contribution is 0.309. The van der Waals surface area contributed by atoms with Crippen molar-refractivity contribution in [2.24, 2.45) is 0 Å². The first-order chi connectivity index (χ1) is 6.74. The summed E-state index contributed by atoms with van der Waals surface area (Å²) >= 11 is 9.21. The second kappa shape index (κ2) is 4.03. The molecule has 1 fully saturated rings. The molecule has 1 aromatic rings. The molecular formula is C9H11BrClN3. The molecule has 0 aromatic carbocycles. The van der Waals surface area contributed by atoms with Gasteiger partial charge in [0.05, 0.1) is 10.0 Å². The predicted octanol–water partition coefficient (Wildman–Crippen LogP) is 2.81. The highest BCUT2D eigenvalue weighted by Gasteiger charge is 2.36. The van der Waals surface area contributed by atoms with Crippen molar-refractivity contribution in [2.75, 3.05) is 11.2 Å². The Hall–Kier alpha value is -0.350. The van der Waals surface area contributed by atoms with Gasteiger partial charge in [-0.2, -0.15) is 0 Å². The normalized spacial score (nSPS) is 18.7. The molecular weight excluding hydrogens is 265 g/mol. The van der Waals surface area contributed by atoms with Crippen LogP contribution in [0.5, 0.6) is 0 Å². The largest absolute Gasteiger partial charge is 0.348 e. The standard InChI is InChI=1S/C9H11BrClN3/c10-7-4-12-8(13-5-7)14-9(6-11)2-1-3-9/h4-5H,1-3,6H2,(H,12,13,14). The molecule has 0 spiro atoms. The van der Waals surface area contributed by atoms with E-state index in [2.05, 4.69) is 31.2 Å². The molecule has 1 heterocycles. The van der Waals surface area contributed by atoms with Gasteiger partial charge < -0.3 is 5.32 Å². The smallest absolute Gasteiger partial charge is 0.223 e. The van der Waals surface area contributed by atoms with Gasteiger partial charge in [0.25, 0.3) is 0 Å². The van der Waals surface area contributed by atoms with Crippen LogP contribution in [0.1, 0.15) is 19.3 Å². The minimum atomic E-state index is 0.0371. The van der Waals surface area contributed by atoms with Gasteiger partial charge in [0.2, 0.25) is 5.95 Å². The van der Waals surface area contributed by atoms with Gasteiger partial charge in [-0.1, -0.05) is 0 Å². The molecule has 0 saturated heterocycles. The van der Waals surface area contributed by atoms with E-state index < -0.39 is 0 Å². The number of halogens is 2. The van der Waals surface area contributed by atoms with E-state index in [1.54, 1.807) is 12.4 Å². The van der Waals surface area contributed by atoms with Crippen molar-refractivity contribution in [1.82, 2.24) is 9.97 Å². The molecule has 14 heavy (non-hydrogen) atoms. The SMILES string of the molecule is ClCC1(Nc2ncc(Br)cn2)CCC1. The first-order valence-corrected chi connectivity index (χ1v) is 5.89. The quantitative estimate of drug-likeness (QED) is 0.863. The zero-order valence-electron chi connectivity index (χ0n) is 7.63. The van der Waals surface area contributed by atoms with E-state index >= 15 is 0 Å². The van der Waals surface area contributed by atoms with Crippen molar-refractivity contribution in [1.29, 1.82) is 0 Å². The van der Waals surface area contributed by atoms with E-state index in [0.29, 0.717) is 11.8 Å². The maximum absolute atomic E-state index is 5.91. The van der Waals surface area contributed by atoms with Gasteiger partial charge in [-0.15, -0.1) is 11.6 Å². The number of nitrogens with zero attached hydrogens (tertiary/aromatic N) is 2. The predicted molar refractivity (Wildman–Crippen MR) is 60.7 cm³/mol. The van der Waals surface area contributed by atoms with E-state index in [1.165, 1.54) is 6.42 Å². The van der Waals surface area contributed by atoms with Crippen molar-refractivity contribution >= 4 is 33.5 Å². The van der Waals surface area contributed by atoms with Gasteiger partial charge in [0.1, 0.15) is 0 Å². The Morgan fingerprint density at radius 3 is 2.50 bits per heavy atom. The van der Waals surface area contributed by atoms with E-state index in [9.17, 15) is 0 Å². The summed E-state index contributed by atoms with van der Waals surface area (Å²) in [5.41, 5.74) is 0.0371. The molecule has 0 atom stereocenters. The monoisotopic (exact) mass is 275 g/mol. The average Bonchev–Trinajstić information content (AvgIpc) is 2.15. The maximum atomic E-state index is 5.91. The van der Waals surface area contributed by atoms with Crippen LogP contribution in [0.2, 0.25) is 0 Å². The first-order valence-electron chi connectivity index (χ1n) is 4.56. The van der Waals surface area contributed by atoms with Crippen LogP contribution in [-0.4, -0.2) is 21.4 Å². The third kappa shape index (κ3) is 2.01. The number of anilines is 1. The lowest BCUT2D eigenvalue weighted by Crippen LogP contribution is -2.47. The Kier molecular flexibility index (Phi) is 2.93. The van der Waals surface area contributed by atoms with Crippen molar-refractivity contribution in [3.8, 4) is 0 Å². The molecule has 1 N–H and O–H groups in total. The van der Waals surface area contributed by atoms with Crippen LogP contribution in [-0.2, 0) is 0 Å². The van der Waals surface area contributed by atoms with Gasteiger partial charge >= 0.3 is 0 Å². The third-order valence-corrected chi connectivity index (χ3v) is 3.48. The summed E-state index contributed by atoms with van der Waals surface area (Å²) in [5.74, 6) is 1.28. The fourth-order valence-corrected chi connectivity index (χ4v) is 2.05. The lowest BCUT2D eigenvalue weighted by atomic mass is 9.78. The molecule has 0 aliphatic heterocycles. The van der Waals surface area contributed by atoms with Crippen LogP contribution in [0, 0.1) is 0 Å². The van der Waals surface area contributed by atoms with E-state index in [0.717, 1.165) is 17.3 Å². The minimum Gasteiger partial charge on any atom is -0.348 e. The van der Waals surface area contributed by atoms with Crippen LogP contribution in [0.25, 0.3) is 0 Å². The molecule has 3 nitrogen and oxygen atoms in total. The molecule has 0 amide bonds. The van der Waals surface area contributed by atoms with Gasteiger partial charge in [-0.05, 0) is 35.2 Å². The fourth-order valence-electron chi connectivity index (χ4n) is 1.51. The first kappa shape index (κ1) is 10.2. The second-order valence-electron chi connectivity index (χ2n) is 3.62. The molecule has 1 aromatic heterocycles. The van der Waals surface area contributed by atoms with Crippen LogP contribution < -0.4 is 5.32 Å². The average molecular weight is 277 g/mol. The molecule has 1 aliphatic carbocycles. The highest BCUT2D eigenvalue weighted by Crippen LogP contribution is 2.35. The summed E-state index contributed by atoms with van der Waals surface area (Å²) < 4.78 is 0.886. The number of rotatable bonds is 3. The van der Waals surface area contributed by atoms with Gasteiger partial charge in [0, 0.05) is 18.3 Å². The van der Waals surface area contributed by atoms with Crippen molar-refractivity contribution in [3.63, 3.8) is 0 Å². The van der Waals surface area contributed by atoms with Gasteiger partial charge in [-0.25, -0.2) is 9.97 Å². The zero-order chi connectivity index (χ0) is 10.0. The molecule has 0 radical (unpaired) electrons. The Morgan fingerprint density at radius 2 is 2.07 bits per heavy atom. The number of alkyl halides is 1. The van der Waals surface area contributed by atoms with E-state index in [4.69, 9.17) is 11.6 Å². The molecule has 0 bridgehead atoms. The summed E-state index contributed by atoms with van der Waals surface area (Å²) in [6, 6.07) is 0. The Labute approximate surface area is 96.4 Å². The summed E-state index contributed by atoms with van der Waals surface area (Å²) in [5, 5.41) is 3.29. The van der Waals surface area contributed by atoms with E-state index in [1.807, 2.05) is 0 Å². The van der Waals surface area contributed by atoms with Gasteiger partial charge in [-0.3, -0.25) is 0 Å². The van der Waals surface area contributed by atoms with Gasteiger partial charge in [0.15, 0.2) is 0 Å². The summed E-state index contributed by atoms with van der Waals surface area (Å²) in [6.07, 6.45) is 6.91. The number of aromatic nitrogens is 2. The molecule has 76 valence electrons. The Balaban J connectivity index is 2.06. The lowest BCUT2D eigenvalue weighted by Gasteiger charge is -2.40. The highest BCUT2D eigenvalue weighted by molar-refractivity contribution is 9.10. The fraction of sp³-hybridized carbons (Fsp3) is 0.556. The Bertz CT molecular complexity index is 305.